The number of fused-ring (bicyclic) bond motifs is 1. The van der Waals surface area contributed by atoms with Gasteiger partial charge in [-0.05, 0) is 56.6 Å². The third-order valence-corrected chi connectivity index (χ3v) is 6.83. The van der Waals surface area contributed by atoms with Crippen LogP contribution in [0.2, 0.25) is 0 Å². The number of piperidine rings is 1. The fraction of sp³-hybridized carbons (Fsp3) is 0.417. The number of aliphatic hydroxyl groups is 1. The molecule has 3 aromatic rings. The highest BCUT2D eigenvalue weighted by Gasteiger charge is 2.25. The third-order valence-electron chi connectivity index (χ3n) is 5.64. The Kier molecular flexibility index (Phi) is 6.85. The third kappa shape index (κ3) is 5.23. The Morgan fingerprint density at radius 2 is 2.13 bits per heavy atom. The molecule has 0 aliphatic carbocycles. The van der Waals surface area contributed by atoms with Crippen LogP contribution in [0.1, 0.15) is 41.0 Å². The van der Waals surface area contributed by atoms with E-state index in [4.69, 9.17) is 14.5 Å². The van der Waals surface area contributed by atoms with Gasteiger partial charge >= 0.3 is 0 Å². The molecule has 31 heavy (non-hydrogen) atoms. The molecule has 4 rings (SSSR count). The van der Waals surface area contributed by atoms with E-state index in [1.54, 1.807) is 36.6 Å². The zero-order valence-corrected chi connectivity index (χ0v) is 18.7. The number of Topliss-reactive ketones (excluding diaryl/α,β-unsaturated/α-hetero) is 1. The van der Waals surface area contributed by atoms with Gasteiger partial charge in [0, 0.05) is 24.6 Å². The molecule has 1 saturated heterocycles. The molecule has 7 heteroatoms. The van der Waals surface area contributed by atoms with Crippen molar-refractivity contribution in [2.75, 3.05) is 33.4 Å². The van der Waals surface area contributed by atoms with Crippen molar-refractivity contribution in [1.82, 2.24) is 9.88 Å². The van der Waals surface area contributed by atoms with Gasteiger partial charge in [-0.15, -0.1) is 11.3 Å². The van der Waals surface area contributed by atoms with E-state index in [-0.39, 0.29) is 12.4 Å². The van der Waals surface area contributed by atoms with E-state index in [2.05, 4.69) is 23.1 Å². The summed E-state index contributed by atoms with van der Waals surface area (Å²) in [5.74, 6) is 1.39. The number of carbonyl (C=O) groups is 1. The van der Waals surface area contributed by atoms with Gasteiger partial charge in [-0.2, -0.15) is 0 Å². The van der Waals surface area contributed by atoms with Crippen molar-refractivity contribution >= 4 is 27.3 Å². The second kappa shape index (κ2) is 9.77. The number of aromatic nitrogens is 1. The van der Waals surface area contributed by atoms with Gasteiger partial charge in [-0.25, -0.2) is 4.98 Å². The molecule has 1 aliphatic rings. The van der Waals surface area contributed by atoms with E-state index >= 15 is 0 Å². The fourth-order valence-corrected chi connectivity index (χ4v) is 5.12. The van der Waals surface area contributed by atoms with E-state index in [1.807, 2.05) is 6.07 Å². The predicted molar refractivity (Wildman–Crippen MR) is 123 cm³/mol. The van der Waals surface area contributed by atoms with E-state index in [9.17, 15) is 9.90 Å². The minimum atomic E-state index is -0.619. The van der Waals surface area contributed by atoms with Crippen molar-refractivity contribution in [2.24, 2.45) is 0 Å². The number of likely N-dealkylation sites (tertiary alicyclic amines) is 1. The van der Waals surface area contributed by atoms with E-state index in [1.165, 1.54) is 16.6 Å². The lowest BCUT2D eigenvalue weighted by Crippen LogP contribution is -2.41. The predicted octanol–water partition coefficient (Wildman–Crippen LogP) is 4.13. The summed E-state index contributed by atoms with van der Waals surface area (Å²) in [4.78, 5) is 18.7. The Balaban J connectivity index is 1.33. The van der Waals surface area contributed by atoms with Gasteiger partial charge in [0.25, 0.3) is 0 Å². The molecule has 164 valence electrons. The number of methoxy groups -OCH3 is 1. The van der Waals surface area contributed by atoms with Gasteiger partial charge in [0.2, 0.25) is 0 Å². The normalized spacial score (nSPS) is 18.1. The zero-order valence-electron chi connectivity index (χ0n) is 17.9. The Hall–Kier alpha value is -2.48. The summed E-state index contributed by atoms with van der Waals surface area (Å²) in [6, 6.07) is 13.3. The average molecular weight is 441 g/mol. The number of nitrogens with zero attached hydrogens (tertiary/aromatic N) is 2. The molecule has 0 amide bonds. The van der Waals surface area contributed by atoms with Gasteiger partial charge in [0.05, 0.1) is 22.3 Å². The number of carbonyl (C=O) groups excluding carboxylic acids is 1. The summed E-state index contributed by atoms with van der Waals surface area (Å²) >= 11 is 1.78. The molecule has 1 fully saturated rings. The summed E-state index contributed by atoms with van der Waals surface area (Å²) in [6.45, 7) is 4.09. The molecule has 0 radical (unpaired) electrons. The van der Waals surface area contributed by atoms with Gasteiger partial charge < -0.3 is 14.6 Å². The van der Waals surface area contributed by atoms with Crippen molar-refractivity contribution in [3.63, 3.8) is 0 Å². The van der Waals surface area contributed by atoms with Crippen LogP contribution in [0, 0.1) is 0 Å². The van der Waals surface area contributed by atoms with Crippen LogP contribution in [0.3, 0.4) is 0 Å². The minimum absolute atomic E-state index is 0.0299. The van der Waals surface area contributed by atoms with Crippen LogP contribution in [0.4, 0.5) is 0 Å². The van der Waals surface area contributed by atoms with Gasteiger partial charge in [0.15, 0.2) is 17.3 Å². The van der Waals surface area contributed by atoms with Crippen molar-refractivity contribution in [3.8, 4) is 11.5 Å². The number of ketones is 1. The van der Waals surface area contributed by atoms with Gasteiger partial charge in [-0.1, -0.05) is 12.1 Å². The lowest BCUT2D eigenvalue weighted by atomic mass is 9.98. The van der Waals surface area contributed by atoms with Gasteiger partial charge in [-0.3, -0.25) is 9.69 Å². The maximum absolute atomic E-state index is 11.5. The zero-order chi connectivity index (χ0) is 21.8. The summed E-state index contributed by atoms with van der Waals surface area (Å²) in [6.07, 6.45) is 1.60. The van der Waals surface area contributed by atoms with Crippen LogP contribution >= 0.6 is 11.3 Å². The largest absolute Gasteiger partial charge is 0.493 e. The molecular weight excluding hydrogens is 412 g/mol. The molecular formula is C24H28N2O4S. The molecule has 2 atom stereocenters. The van der Waals surface area contributed by atoms with Crippen molar-refractivity contribution < 1.29 is 19.4 Å². The minimum Gasteiger partial charge on any atom is -0.493 e. The van der Waals surface area contributed by atoms with Crippen LogP contribution in [0.15, 0.2) is 42.5 Å². The maximum atomic E-state index is 11.5. The van der Waals surface area contributed by atoms with E-state index in [0.717, 1.165) is 31.4 Å². The van der Waals surface area contributed by atoms with Crippen molar-refractivity contribution in [1.29, 1.82) is 0 Å². The number of hydrogen-bond acceptors (Lipinski definition) is 7. The summed E-state index contributed by atoms with van der Waals surface area (Å²) in [5, 5.41) is 11.8. The number of para-hydroxylation sites is 1. The summed E-state index contributed by atoms with van der Waals surface area (Å²) in [5.41, 5.74) is 1.64. The van der Waals surface area contributed by atoms with Crippen LogP contribution in [-0.2, 0) is 0 Å². The molecule has 1 N–H and O–H groups in total. The lowest BCUT2D eigenvalue weighted by Gasteiger charge is -2.33. The van der Waals surface area contributed by atoms with Crippen molar-refractivity contribution in [2.45, 2.75) is 31.8 Å². The number of hydrogen-bond donors (Lipinski definition) is 1. The standard InChI is InChI=1S/C24H28N2O4S/c1-16(27)17-9-10-21(22(12-17)29-2)30-15-19(28)14-26-11-5-6-18(13-26)24-25-20-7-3-4-8-23(20)31-24/h3-4,7-10,12,18-19,28H,5-6,11,13-15H2,1-2H3. The number of β-amino-alcohol motifs (C(OH)–C–C–N with tert-alkyl or cyclic N) is 1. The highest BCUT2D eigenvalue weighted by molar-refractivity contribution is 7.18. The molecule has 2 unspecified atom stereocenters. The van der Waals surface area contributed by atoms with Crippen LogP contribution in [-0.4, -0.2) is 60.2 Å². The Bertz CT molecular complexity index is 1020. The first kappa shape index (κ1) is 21.7. The lowest BCUT2D eigenvalue weighted by molar-refractivity contribution is 0.0575. The molecule has 2 heterocycles. The number of rotatable bonds is 8. The molecule has 1 aromatic heterocycles. The second-order valence-electron chi connectivity index (χ2n) is 8.01. The smallest absolute Gasteiger partial charge is 0.161 e. The highest BCUT2D eigenvalue weighted by Crippen LogP contribution is 2.33. The monoisotopic (exact) mass is 440 g/mol. The first-order valence-electron chi connectivity index (χ1n) is 10.6. The Morgan fingerprint density at radius 3 is 2.90 bits per heavy atom. The molecule has 0 saturated carbocycles. The van der Waals surface area contributed by atoms with E-state index in [0.29, 0.717) is 29.5 Å². The van der Waals surface area contributed by atoms with Crippen LogP contribution < -0.4 is 9.47 Å². The fourth-order valence-electron chi connectivity index (χ4n) is 4.03. The quantitative estimate of drug-likeness (QED) is 0.531. The summed E-state index contributed by atoms with van der Waals surface area (Å²) < 4.78 is 12.4. The maximum Gasteiger partial charge on any atom is 0.161 e. The number of benzene rings is 2. The average Bonchev–Trinajstić information content (AvgIpc) is 3.22. The summed E-state index contributed by atoms with van der Waals surface area (Å²) in [7, 11) is 1.54. The van der Waals surface area contributed by atoms with Crippen LogP contribution in [0.25, 0.3) is 10.2 Å². The first-order chi connectivity index (χ1) is 15.0. The number of ether oxygens (including phenoxy) is 2. The number of thiazole rings is 1. The Labute approximate surface area is 186 Å². The molecule has 0 spiro atoms. The van der Waals surface area contributed by atoms with Crippen LogP contribution in [0.5, 0.6) is 11.5 Å². The second-order valence-corrected chi connectivity index (χ2v) is 9.07. The Morgan fingerprint density at radius 1 is 1.29 bits per heavy atom. The first-order valence-corrected chi connectivity index (χ1v) is 11.4. The molecule has 0 bridgehead atoms. The van der Waals surface area contributed by atoms with Crippen molar-refractivity contribution in [3.05, 3.63) is 53.0 Å². The van der Waals surface area contributed by atoms with E-state index < -0.39 is 6.10 Å². The molecule has 2 aromatic carbocycles. The highest BCUT2D eigenvalue weighted by atomic mass is 32.1. The topological polar surface area (TPSA) is 71.9 Å². The van der Waals surface area contributed by atoms with Gasteiger partial charge in [0.1, 0.15) is 12.7 Å². The SMILES string of the molecule is COc1cc(C(C)=O)ccc1OCC(O)CN1CCCC(c2nc3ccccc3s2)C1. The number of aliphatic hydroxyl groups excluding tert-OH is 1. The molecule has 1 aliphatic heterocycles. The molecule has 6 nitrogen and oxygen atoms in total.